The maximum absolute atomic E-state index is 12.5. The minimum atomic E-state index is -0.207. The summed E-state index contributed by atoms with van der Waals surface area (Å²) in [6.45, 7) is 3.70. The summed E-state index contributed by atoms with van der Waals surface area (Å²) < 4.78 is 0. The highest BCUT2D eigenvalue weighted by atomic mass is 35.5. The molecule has 5 aliphatic rings. The number of hydrogen-bond donors (Lipinski definition) is 1. The van der Waals surface area contributed by atoms with Gasteiger partial charge in [-0.05, 0) is 101 Å². The van der Waals surface area contributed by atoms with Crippen molar-refractivity contribution in [3.63, 3.8) is 0 Å². The molecule has 0 spiro atoms. The molecule has 0 aromatic carbocycles. The molecule has 1 N–H and O–H groups in total. The molecule has 0 aromatic rings. The van der Waals surface area contributed by atoms with Crippen molar-refractivity contribution in [2.75, 3.05) is 13.1 Å². The zero-order valence-electron chi connectivity index (χ0n) is 18.7. The molecule has 6 unspecified atom stereocenters. The standard InChI is InChI=1S/C25H36N2O3.ClH/c1-15(27-30-25(29)17-9-11-26-12-10-17)23-14-19(28)13-18-6-7-21-20-4-2-3-16(20)5-8-22(21)24(18)23;/h13,16-17,20-24,26H,2-12,14H2,1H3;1H/b27-15+;. The van der Waals surface area contributed by atoms with Gasteiger partial charge in [-0.1, -0.05) is 23.6 Å². The second-order valence-electron chi connectivity index (χ2n) is 10.5. The number of oxime groups is 1. The Balaban J connectivity index is 0.00000231. The number of halogens is 1. The Kier molecular flexibility index (Phi) is 7.22. The van der Waals surface area contributed by atoms with E-state index in [1.807, 2.05) is 13.0 Å². The van der Waals surface area contributed by atoms with Crippen LogP contribution >= 0.6 is 12.4 Å². The summed E-state index contributed by atoms with van der Waals surface area (Å²) in [5, 5.41) is 7.60. The zero-order chi connectivity index (χ0) is 20.7. The maximum atomic E-state index is 12.5. The van der Waals surface area contributed by atoms with Gasteiger partial charge in [-0.2, -0.15) is 0 Å². The van der Waals surface area contributed by atoms with E-state index < -0.39 is 0 Å². The lowest BCUT2D eigenvalue weighted by Crippen LogP contribution is -2.45. The molecular formula is C25H37ClN2O3. The summed E-state index contributed by atoms with van der Waals surface area (Å²) >= 11 is 0. The van der Waals surface area contributed by atoms with Crippen LogP contribution in [0.1, 0.15) is 71.1 Å². The van der Waals surface area contributed by atoms with E-state index in [9.17, 15) is 9.59 Å². The summed E-state index contributed by atoms with van der Waals surface area (Å²) in [7, 11) is 0. The number of nitrogens with one attached hydrogen (secondary N) is 1. The quantitative estimate of drug-likeness (QED) is 0.386. The number of rotatable bonds is 3. The van der Waals surface area contributed by atoms with Crippen LogP contribution < -0.4 is 5.32 Å². The number of fused-ring (bicyclic) bond motifs is 5. The van der Waals surface area contributed by atoms with Gasteiger partial charge in [-0.3, -0.25) is 4.79 Å². The first-order chi connectivity index (χ1) is 14.6. The lowest BCUT2D eigenvalue weighted by atomic mass is 9.53. The predicted octanol–water partition coefficient (Wildman–Crippen LogP) is 4.69. The number of carbonyl (C=O) groups is 2. The molecule has 0 radical (unpaired) electrons. The fourth-order valence-corrected chi connectivity index (χ4v) is 7.63. The molecule has 4 fully saturated rings. The van der Waals surface area contributed by atoms with Gasteiger partial charge in [-0.15, -0.1) is 12.4 Å². The number of ketones is 1. The van der Waals surface area contributed by atoms with E-state index in [4.69, 9.17) is 4.84 Å². The Labute approximate surface area is 192 Å². The van der Waals surface area contributed by atoms with Crippen LogP contribution in [0.5, 0.6) is 0 Å². The van der Waals surface area contributed by atoms with Crippen molar-refractivity contribution < 1.29 is 14.4 Å². The summed E-state index contributed by atoms with van der Waals surface area (Å²) in [6, 6.07) is 0. The van der Waals surface area contributed by atoms with Crippen LogP contribution in [0.2, 0.25) is 0 Å². The zero-order valence-corrected chi connectivity index (χ0v) is 19.5. The molecule has 1 heterocycles. The summed E-state index contributed by atoms with van der Waals surface area (Å²) in [5.74, 6) is 3.82. The van der Waals surface area contributed by atoms with Gasteiger partial charge in [0.05, 0.1) is 11.6 Å². The van der Waals surface area contributed by atoms with Crippen LogP contribution in [0, 0.1) is 41.4 Å². The fourth-order valence-electron chi connectivity index (χ4n) is 7.63. The van der Waals surface area contributed by atoms with Crippen molar-refractivity contribution in [1.29, 1.82) is 0 Å². The number of hydrogen-bond acceptors (Lipinski definition) is 5. The lowest BCUT2D eigenvalue weighted by Gasteiger charge is -2.51. The third-order valence-electron chi connectivity index (χ3n) is 9.03. The van der Waals surface area contributed by atoms with Crippen molar-refractivity contribution in [3.8, 4) is 0 Å². The Hall–Kier alpha value is -1.20. The average Bonchev–Trinajstić information content (AvgIpc) is 3.26. The number of allylic oxidation sites excluding steroid dienone is 1. The van der Waals surface area contributed by atoms with E-state index in [1.54, 1.807) is 0 Å². The van der Waals surface area contributed by atoms with Gasteiger partial charge >= 0.3 is 5.97 Å². The van der Waals surface area contributed by atoms with Gasteiger partial charge in [-0.25, -0.2) is 4.79 Å². The smallest absolute Gasteiger partial charge is 0.318 e. The highest BCUT2D eigenvalue weighted by molar-refractivity contribution is 5.97. The first-order valence-electron chi connectivity index (χ1n) is 12.3. The van der Waals surface area contributed by atoms with E-state index in [-0.39, 0.29) is 36.0 Å². The molecule has 0 bridgehead atoms. The Morgan fingerprint density at radius 1 is 1.03 bits per heavy atom. The third kappa shape index (κ3) is 4.50. The van der Waals surface area contributed by atoms with Crippen LogP contribution in [0.3, 0.4) is 0 Å². The summed E-state index contributed by atoms with van der Waals surface area (Å²) in [5.41, 5.74) is 2.20. The molecule has 0 amide bonds. The minimum absolute atomic E-state index is 0. The number of nitrogens with zero attached hydrogens (tertiary/aromatic N) is 1. The molecule has 3 saturated carbocycles. The van der Waals surface area contributed by atoms with Crippen LogP contribution in [0.4, 0.5) is 0 Å². The molecule has 6 heteroatoms. The van der Waals surface area contributed by atoms with Crippen LogP contribution in [-0.2, 0) is 14.4 Å². The maximum Gasteiger partial charge on any atom is 0.338 e. The SMILES string of the molecule is C/C(=N\OC(=O)C1CCNCC1)C1CC(=O)C=C2CCC3C4CCCC4CCC3C21.Cl. The van der Waals surface area contributed by atoms with Crippen LogP contribution in [-0.4, -0.2) is 30.6 Å². The van der Waals surface area contributed by atoms with E-state index in [0.717, 1.165) is 55.8 Å². The van der Waals surface area contributed by atoms with Gasteiger partial charge in [0, 0.05) is 12.3 Å². The Morgan fingerprint density at radius 3 is 2.65 bits per heavy atom. The molecule has 0 aromatic heterocycles. The summed E-state index contributed by atoms with van der Waals surface area (Å²) in [6.07, 6.45) is 13.3. The van der Waals surface area contributed by atoms with E-state index in [2.05, 4.69) is 10.5 Å². The monoisotopic (exact) mass is 448 g/mol. The van der Waals surface area contributed by atoms with Gasteiger partial charge in [0.25, 0.3) is 0 Å². The third-order valence-corrected chi connectivity index (χ3v) is 9.03. The predicted molar refractivity (Wildman–Crippen MR) is 123 cm³/mol. The highest BCUT2D eigenvalue weighted by Gasteiger charge is 2.50. The molecule has 5 rings (SSSR count). The molecular weight excluding hydrogens is 412 g/mol. The first kappa shape index (κ1) is 23.0. The van der Waals surface area contributed by atoms with E-state index >= 15 is 0 Å². The number of carbonyl (C=O) groups excluding carboxylic acids is 2. The van der Waals surface area contributed by atoms with Crippen molar-refractivity contribution in [3.05, 3.63) is 11.6 Å². The molecule has 5 nitrogen and oxygen atoms in total. The van der Waals surface area contributed by atoms with E-state index in [1.165, 1.54) is 44.1 Å². The topological polar surface area (TPSA) is 67.8 Å². The van der Waals surface area contributed by atoms with Crippen molar-refractivity contribution in [2.24, 2.45) is 46.6 Å². The Morgan fingerprint density at radius 2 is 1.84 bits per heavy atom. The first-order valence-corrected chi connectivity index (χ1v) is 12.3. The lowest BCUT2D eigenvalue weighted by molar-refractivity contribution is -0.149. The van der Waals surface area contributed by atoms with Gasteiger partial charge < -0.3 is 10.2 Å². The molecule has 31 heavy (non-hydrogen) atoms. The van der Waals surface area contributed by atoms with Gasteiger partial charge in [0.1, 0.15) is 0 Å². The fraction of sp³-hybridized carbons (Fsp3) is 0.800. The highest BCUT2D eigenvalue weighted by Crippen LogP contribution is 2.57. The largest absolute Gasteiger partial charge is 0.338 e. The van der Waals surface area contributed by atoms with Crippen LogP contribution in [0.25, 0.3) is 0 Å². The number of piperidine rings is 1. The second-order valence-corrected chi connectivity index (χ2v) is 10.5. The molecule has 172 valence electrons. The van der Waals surface area contributed by atoms with Crippen LogP contribution in [0.15, 0.2) is 16.8 Å². The summed E-state index contributed by atoms with van der Waals surface area (Å²) in [4.78, 5) is 30.4. The van der Waals surface area contributed by atoms with Crippen molar-refractivity contribution in [2.45, 2.75) is 71.1 Å². The normalized spacial score (nSPS) is 38.3. The average molecular weight is 449 g/mol. The second kappa shape index (κ2) is 9.74. The van der Waals surface area contributed by atoms with Crippen molar-refractivity contribution >= 4 is 29.9 Å². The molecule has 6 atom stereocenters. The van der Waals surface area contributed by atoms with Crippen molar-refractivity contribution in [1.82, 2.24) is 5.32 Å². The van der Waals surface area contributed by atoms with E-state index in [0.29, 0.717) is 18.3 Å². The molecule has 4 aliphatic carbocycles. The molecule has 1 saturated heterocycles. The Bertz CT molecular complexity index is 758. The van der Waals surface area contributed by atoms with Gasteiger partial charge in [0.15, 0.2) is 5.78 Å². The minimum Gasteiger partial charge on any atom is -0.318 e. The molecule has 1 aliphatic heterocycles. The van der Waals surface area contributed by atoms with Gasteiger partial charge in [0.2, 0.25) is 0 Å².